The second kappa shape index (κ2) is 9.60. The summed E-state index contributed by atoms with van der Waals surface area (Å²) >= 11 is 0. The van der Waals surface area contributed by atoms with Crippen molar-refractivity contribution in [2.24, 2.45) is 0 Å². The van der Waals surface area contributed by atoms with Gasteiger partial charge >= 0.3 is 6.09 Å². The van der Waals surface area contributed by atoms with Crippen LogP contribution in [-0.4, -0.2) is 58.4 Å². The van der Waals surface area contributed by atoms with E-state index < -0.39 is 0 Å². The number of carbonyl (C=O) groups is 1. The van der Waals surface area contributed by atoms with Gasteiger partial charge in [-0.15, -0.1) is 0 Å². The normalized spacial score (nSPS) is 14.5. The van der Waals surface area contributed by atoms with Crippen LogP contribution in [0.25, 0.3) is 0 Å². The predicted octanol–water partition coefficient (Wildman–Crippen LogP) is 3.63. The SMILES string of the molecule is COc1c(Nc2ccc(C)nc2C)ncnc1OC1CCN(C(=O)OC(C)C)CC1. The molecule has 0 aliphatic carbocycles. The molecule has 1 aliphatic heterocycles. The zero-order valence-corrected chi connectivity index (χ0v) is 18.1. The highest BCUT2D eigenvalue weighted by Crippen LogP contribution is 2.35. The number of nitrogens with zero attached hydrogens (tertiary/aromatic N) is 4. The van der Waals surface area contributed by atoms with Gasteiger partial charge in [-0.3, -0.25) is 4.98 Å². The number of methoxy groups -OCH3 is 1. The highest BCUT2D eigenvalue weighted by Gasteiger charge is 2.27. The van der Waals surface area contributed by atoms with Crippen LogP contribution in [0.2, 0.25) is 0 Å². The molecule has 162 valence electrons. The van der Waals surface area contributed by atoms with Gasteiger partial charge in [-0.05, 0) is 39.8 Å². The third kappa shape index (κ3) is 5.28. The minimum absolute atomic E-state index is 0.0764. The van der Waals surface area contributed by atoms with E-state index in [2.05, 4.69) is 20.3 Å². The summed E-state index contributed by atoms with van der Waals surface area (Å²) in [6, 6.07) is 3.88. The number of piperidine rings is 1. The molecule has 9 heteroatoms. The average molecular weight is 415 g/mol. The maximum atomic E-state index is 12.0. The van der Waals surface area contributed by atoms with Gasteiger partial charge in [-0.2, -0.15) is 4.98 Å². The number of likely N-dealkylation sites (tertiary alicyclic amines) is 1. The van der Waals surface area contributed by atoms with Crippen LogP contribution in [0.4, 0.5) is 16.3 Å². The molecular formula is C21H29N5O4. The number of hydrogen-bond acceptors (Lipinski definition) is 8. The van der Waals surface area contributed by atoms with E-state index in [1.807, 2.05) is 39.8 Å². The number of aromatic nitrogens is 3. The minimum Gasteiger partial charge on any atom is -0.489 e. The first-order chi connectivity index (χ1) is 14.4. The topological polar surface area (TPSA) is 98.7 Å². The number of anilines is 2. The maximum absolute atomic E-state index is 12.0. The molecule has 0 atom stereocenters. The molecule has 1 N–H and O–H groups in total. The first-order valence-electron chi connectivity index (χ1n) is 10.1. The third-order valence-corrected chi connectivity index (χ3v) is 4.77. The monoisotopic (exact) mass is 415 g/mol. The molecule has 9 nitrogen and oxygen atoms in total. The lowest BCUT2D eigenvalue weighted by molar-refractivity contribution is 0.0500. The van der Waals surface area contributed by atoms with Gasteiger partial charge < -0.3 is 24.4 Å². The highest BCUT2D eigenvalue weighted by atomic mass is 16.6. The van der Waals surface area contributed by atoms with Crippen LogP contribution in [0, 0.1) is 13.8 Å². The van der Waals surface area contributed by atoms with E-state index in [9.17, 15) is 4.79 Å². The molecule has 1 amide bonds. The Balaban J connectivity index is 1.67. The van der Waals surface area contributed by atoms with Crippen molar-refractivity contribution in [2.45, 2.75) is 52.7 Å². The van der Waals surface area contributed by atoms with Crippen LogP contribution in [0.3, 0.4) is 0 Å². The Morgan fingerprint density at radius 3 is 2.57 bits per heavy atom. The number of carbonyl (C=O) groups excluding carboxylic acids is 1. The van der Waals surface area contributed by atoms with E-state index in [1.165, 1.54) is 6.33 Å². The molecule has 1 aliphatic rings. The number of amides is 1. The number of pyridine rings is 1. The summed E-state index contributed by atoms with van der Waals surface area (Å²) in [5, 5.41) is 3.25. The molecule has 0 unspecified atom stereocenters. The van der Waals surface area contributed by atoms with Crippen LogP contribution < -0.4 is 14.8 Å². The van der Waals surface area contributed by atoms with Gasteiger partial charge in [-0.25, -0.2) is 9.78 Å². The Hall–Kier alpha value is -3.10. The van der Waals surface area contributed by atoms with Crippen LogP contribution in [0.1, 0.15) is 38.1 Å². The van der Waals surface area contributed by atoms with E-state index in [-0.39, 0.29) is 18.3 Å². The minimum atomic E-state index is -0.281. The fourth-order valence-electron chi connectivity index (χ4n) is 3.25. The van der Waals surface area contributed by atoms with Gasteiger partial charge in [0, 0.05) is 31.6 Å². The number of hydrogen-bond donors (Lipinski definition) is 1. The Bertz CT molecular complexity index is 882. The fourth-order valence-corrected chi connectivity index (χ4v) is 3.25. The molecule has 2 aromatic heterocycles. The summed E-state index contributed by atoms with van der Waals surface area (Å²) in [4.78, 5) is 26.8. The first-order valence-corrected chi connectivity index (χ1v) is 10.1. The van der Waals surface area contributed by atoms with Crippen molar-refractivity contribution in [3.05, 3.63) is 29.8 Å². The molecule has 1 saturated heterocycles. The average Bonchev–Trinajstić information content (AvgIpc) is 2.70. The van der Waals surface area contributed by atoms with E-state index in [4.69, 9.17) is 14.2 Å². The molecule has 2 aromatic rings. The molecule has 30 heavy (non-hydrogen) atoms. The van der Waals surface area contributed by atoms with E-state index in [0.717, 1.165) is 17.1 Å². The molecule has 0 aromatic carbocycles. The van der Waals surface area contributed by atoms with Gasteiger partial charge in [0.1, 0.15) is 12.4 Å². The summed E-state index contributed by atoms with van der Waals surface area (Å²) in [7, 11) is 1.56. The van der Waals surface area contributed by atoms with E-state index >= 15 is 0 Å². The van der Waals surface area contributed by atoms with Crippen LogP contribution in [0.15, 0.2) is 18.5 Å². The summed E-state index contributed by atoms with van der Waals surface area (Å²) < 4.78 is 16.9. The lowest BCUT2D eigenvalue weighted by atomic mass is 10.1. The van der Waals surface area contributed by atoms with Gasteiger partial charge in [-0.1, -0.05) is 0 Å². The van der Waals surface area contributed by atoms with Crippen LogP contribution in [0.5, 0.6) is 11.6 Å². The number of ether oxygens (including phenoxy) is 3. The Labute approximate surface area is 176 Å². The van der Waals surface area contributed by atoms with Crippen molar-refractivity contribution in [1.29, 1.82) is 0 Å². The van der Waals surface area contributed by atoms with Crippen LogP contribution in [-0.2, 0) is 4.74 Å². The summed E-state index contributed by atoms with van der Waals surface area (Å²) in [5.74, 6) is 1.31. The largest absolute Gasteiger partial charge is 0.489 e. The molecule has 0 saturated carbocycles. The quantitative estimate of drug-likeness (QED) is 0.764. The summed E-state index contributed by atoms with van der Waals surface area (Å²) in [6.45, 7) is 8.70. The molecular weight excluding hydrogens is 386 g/mol. The zero-order chi connectivity index (χ0) is 21.7. The molecule has 3 heterocycles. The van der Waals surface area contributed by atoms with Gasteiger partial charge in [0.05, 0.1) is 24.6 Å². The number of rotatable bonds is 6. The predicted molar refractivity (Wildman–Crippen MR) is 112 cm³/mol. The van der Waals surface area contributed by atoms with Crippen molar-refractivity contribution in [2.75, 3.05) is 25.5 Å². The Kier molecular flexibility index (Phi) is 6.91. The van der Waals surface area contributed by atoms with Crippen molar-refractivity contribution in [3.63, 3.8) is 0 Å². The molecule has 0 radical (unpaired) electrons. The lowest BCUT2D eigenvalue weighted by Crippen LogP contribution is -2.42. The van der Waals surface area contributed by atoms with Crippen molar-refractivity contribution in [1.82, 2.24) is 19.9 Å². The standard InChI is InChI=1S/C21H29N5O4/c1-13(2)29-21(27)26-10-8-16(9-11-26)30-20-18(28-5)19(22-12-23-20)25-17-7-6-14(3)24-15(17)4/h6-7,12-13,16H,8-11H2,1-5H3,(H,22,23,25). The second-order valence-electron chi connectivity index (χ2n) is 7.51. The van der Waals surface area contributed by atoms with E-state index in [0.29, 0.717) is 43.4 Å². The molecule has 1 fully saturated rings. The van der Waals surface area contributed by atoms with E-state index in [1.54, 1.807) is 12.0 Å². The zero-order valence-electron chi connectivity index (χ0n) is 18.1. The molecule has 0 bridgehead atoms. The fraction of sp³-hybridized carbons (Fsp3) is 0.524. The first kappa shape index (κ1) is 21.6. The Morgan fingerprint density at radius 2 is 1.93 bits per heavy atom. The van der Waals surface area contributed by atoms with Crippen molar-refractivity contribution >= 4 is 17.6 Å². The smallest absolute Gasteiger partial charge is 0.410 e. The third-order valence-electron chi connectivity index (χ3n) is 4.77. The van der Waals surface area contributed by atoms with Crippen molar-refractivity contribution < 1.29 is 19.0 Å². The van der Waals surface area contributed by atoms with Crippen LogP contribution >= 0.6 is 0 Å². The number of aryl methyl sites for hydroxylation is 2. The van der Waals surface area contributed by atoms with Gasteiger partial charge in [0.2, 0.25) is 5.75 Å². The summed E-state index contributed by atoms with van der Waals surface area (Å²) in [5.41, 5.74) is 2.64. The Morgan fingerprint density at radius 1 is 1.20 bits per heavy atom. The van der Waals surface area contributed by atoms with Crippen molar-refractivity contribution in [3.8, 4) is 11.6 Å². The number of nitrogens with one attached hydrogen (secondary N) is 1. The lowest BCUT2D eigenvalue weighted by Gasteiger charge is -2.31. The molecule has 0 spiro atoms. The maximum Gasteiger partial charge on any atom is 0.410 e. The highest BCUT2D eigenvalue weighted by molar-refractivity contribution is 5.68. The summed E-state index contributed by atoms with van der Waals surface area (Å²) in [6.07, 6.45) is 2.32. The second-order valence-corrected chi connectivity index (χ2v) is 7.51. The van der Waals surface area contributed by atoms with Gasteiger partial charge in [0.15, 0.2) is 5.82 Å². The van der Waals surface area contributed by atoms with Gasteiger partial charge in [0.25, 0.3) is 5.88 Å². The molecule has 3 rings (SSSR count).